The molecule has 0 aromatic carbocycles. The fraction of sp³-hybridized carbons (Fsp3) is 0.706. The van der Waals surface area contributed by atoms with Gasteiger partial charge in [-0.05, 0) is 23.4 Å². The quantitative estimate of drug-likeness (QED) is 0.887. The minimum absolute atomic E-state index is 0.0718. The van der Waals surface area contributed by atoms with Crippen molar-refractivity contribution in [3.63, 3.8) is 0 Å². The van der Waals surface area contributed by atoms with Crippen LogP contribution in [0.2, 0.25) is 0 Å². The Kier molecular flexibility index (Phi) is 5.69. The second kappa shape index (κ2) is 7.75. The monoisotopic (exact) mass is 338 g/mol. The van der Waals surface area contributed by atoms with Crippen molar-refractivity contribution < 1.29 is 14.6 Å². The zero-order valence-corrected chi connectivity index (χ0v) is 14.6. The summed E-state index contributed by atoms with van der Waals surface area (Å²) in [7, 11) is 0. The largest absolute Gasteiger partial charge is 0.392 e. The predicted octanol–water partition coefficient (Wildman–Crippen LogP) is 1.67. The highest BCUT2D eigenvalue weighted by Crippen LogP contribution is 2.33. The Balaban J connectivity index is 1.49. The van der Waals surface area contributed by atoms with Crippen LogP contribution >= 0.6 is 11.3 Å². The number of β-amino-alcohol motifs (C(OH)–C–C–N with tert-alkyl or cyclic N) is 1. The first-order valence-electron chi connectivity index (χ1n) is 8.53. The van der Waals surface area contributed by atoms with Crippen LogP contribution in [-0.2, 0) is 16.0 Å². The molecular formula is C17H26N2O3S. The van der Waals surface area contributed by atoms with Gasteiger partial charge < -0.3 is 14.7 Å². The minimum Gasteiger partial charge on any atom is -0.392 e. The van der Waals surface area contributed by atoms with E-state index >= 15 is 0 Å². The van der Waals surface area contributed by atoms with E-state index in [4.69, 9.17) is 4.74 Å². The van der Waals surface area contributed by atoms with Gasteiger partial charge in [-0.15, -0.1) is 11.3 Å². The average Bonchev–Trinajstić information content (AvgIpc) is 3.05. The fourth-order valence-corrected chi connectivity index (χ4v) is 4.20. The second-order valence-electron chi connectivity index (χ2n) is 6.36. The van der Waals surface area contributed by atoms with Gasteiger partial charge in [0, 0.05) is 44.0 Å². The van der Waals surface area contributed by atoms with E-state index < -0.39 is 0 Å². The van der Waals surface area contributed by atoms with Crippen LogP contribution in [0.3, 0.4) is 0 Å². The third-order valence-electron chi connectivity index (χ3n) is 4.80. The van der Waals surface area contributed by atoms with E-state index in [-0.39, 0.29) is 18.1 Å². The Morgan fingerprint density at radius 3 is 2.96 bits per heavy atom. The molecule has 0 radical (unpaired) electrons. The van der Waals surface area contributed by atoms with Crippen molar-refractivity contribution in [3.05, 3.63) is 21.9 Å². The van der Waals surface area contributed by atoms with Crippen LogP contribution in [0.25, 0.3) is 0 Å². The van der Waals surface area contributed by atoms with Gasteiger partial charge in [-0.3, -0.25) is 9.69 Å². The molecule has 1 amide bonds. The Morgan fingerprint density at radius 1 is 1.43 bits per heavy atom. The molecule has 0 saturated carbocycles. The summed E-state index contributed by atoms with van der Waals surface area (Å²) in [4.78, 5) is 18.1. The summed E-state index contributed by atoms with van der Waals surface area (Å²) in [6.45, 7) is 6.61. The normalized spacial score (nSPS) is 23.6. The highest BCUT2D eigenvalue weighted by atomic mass is 32.1. The van der Waals surface area contributed by atoms with Crippen molar-refractivity contribution >= 4 is 17.2 Å². The van der Waals surface area contributed by atoms with Gasteiger partial charge in [0.2, 0.25) is 5.91 Å². The van der Waals surface area contributed by atoms with Gasteiger partial charge in [0.15, 0.2) is 0 Å². The lowest BCUT2D eigenvalue weighted by atomic mass is 10.0. The SMILES string of the molecule is CCC(O)CN1CCN(C(=O)CC2OCCc3sccc32)CC1. The second-order valence-corrected chi connectivity index (χ2v) is 7.36. The van der Waals surface area contributed by atoms with Crippen molar-refractivity contribution in [1.82, 2.24) is 9.80 Å². The van der Waals surface area contributed by atoms with Gasteiger partial charge in [0.05, 0.1) is 25.2 Å². The molecule has 2 unspecified atom stereocenters. The molecule has 0 aliphatic carbocycles. The molecule has 0 bridgehead atoms. The first-order valence-corrected chi connectivity index (χ1v) is 9.41. The summed E-state index contributed by atoms with van der Waals surface area (Å²) in [5.74, 6) is 0.185. The van der Waals surface area contributed by atoms with Gasteiger partial charge in [-0.1, -0.05) is 6.92 Å². The van der Waals surface area contributed by atoms with E-state index in [1.54, 1.807) is 11.3 Å². The lowest BCUT2D eigenvalue weighted by Crippen LogP contribution is -2.50. The van der Waals surface area contributed by atoms with Crippen molar-refractivity contribution in [2.24, 2.45) is 0 Å². The standard InChI is InChI=1S/C17H26N2O3S/c1-2-13(20)12-18-5-7-19(8-6-18)17(21)11-15-14-4-10-23-16(14)3-9-22-15/h4,10,13,15,20H,2-3,5-9,11-12H2,1H3. The lowest BCUT2D eigenvalue weighted by Gasteiger charge is -2.36. The highest BCUT2D eigenvalue weighted by molar-refractivity contribution is 7.10. The molecule has 1 N–H and O–H groups in total. The predicted molar refractivity (Wildman–Crippen MR) is 90.7 cm³/mol. The molecule has 23 heavy (non-hydrogen) atoms. The first-order chi connectivity index (χ1) is 11.2. The van der Waals surface area contributed by atoms with E-state index in [9.17, 15) is 9.90 Å². The van der Waals surface area contributed by atoms with Crippen LogP contribution in [0.5, 0.6) is 0 Å². The van der Waals surface area contributed by atoms with Gasteiger partial charge in [-0.2, -0.15) is 0 Å². The van der Waals surface area contributed by atoms with Gasteiger partial charge in [-0.25, -0.2) is 0 Å². The topological polar surface area (TPSA) is 53.0 Å². The molecule has 2 aliphatic heterocycles. The van der Waals surface area contributed by atoms with E-state index in [1.807, 2.05) is 11.8 Å². The number of nitrogens with zero attached hydrogens (tertiary/aromatic N) is 2. The number of aliphatic hydroxyl groups excluding tert-OH is 1. The van der Waals surface area contributed by atoms with E-state index in [1.165, 1.54) is 10.4 Å². The molecule has 1 aromatic heterocycles. The maximum atomic E-state index is 12.6. The molecular weight excluding hydrogens is 312 g/mol. The number of carbonyl (C=O) groups is 1. The summed E-state index contributed by atoms with van der Waals surface area (Å²) < 4.78 is 5.83. The zero-order chi connectivity index (χ0) is 16.2. The highest BCUT2D eigenvalue weighted by Gasteiger charge is 2.28. The van der Waals surface area contributed by atoms with E-state index in [0.29, 0.717) is 19.6 Å². The maximum absolute atomic E-state index is 12.6. The van der Waals surface area contributed by atoms with Gasteiger partial charge in [0.1, 0.15) is 0 Å². The van der Waals surface area contributed by atoms with Crippen LogP contribution in [0, 0.1) is 0 Å². The molecule has 1 aromatic rings. The molecule has 6 heteroatoms. The molecule has 1 saturated heterocycles. The number of hydrogen-bond acceptors (Lipinski definition) is 5. The van der Waals surface area contributed by atoms with E-state index in [0.717, 1.165) is 39.0 Å². The zero-order valence-electron chi connectivity index (χ0n) is 13.7. The molecule has 128 valence electrons. The number of aliphatic hydroxyl groups is 1. The Morgan fingerprint density at radius 2 is 2.22 bits per heavy atom. The number of amides is 1. The Bertz CT molecular complexity index is 526. The Labute approximate surface area is 141 Å². The molecule has 0 spiro atoms. The van der Waals surface area contributed by atoms with Gasteiger partial charge >= 0.3 is 0 Å². The van der Waals surface area contributed by atoms with Crippen molar-refractivity contribution in [3.8, 4) is 0 Å². The lowest BCUT2D eigenvalue weighted by molar-refractivity contribution is -0.136. The van der Waals surface area contributed by atoms with Crippen LogP contribution < -0.4 is 0 Å². The number of ether oxygens (including phenoxy) is 1. The number of carbonyl (C=O) groups excluding carboxylic acids is 1. The smallest absolute Gasteiger partial charge is 0.225 e. The van der Waals surface area contributed by atoms with Crippen molar-refractivity contribution in [2.45, 2.75) is 38.4 Å². The molecule has 1 fully saturated rings. The van der Waals surface area contributed by atoms with Crippen LogP contribution in [0.4, 0.5) is 0 Å². The minimum atomic E-state index is -0.259. The van der Waals surface area contributed by atoms with Crippen LogP contribution in [0.15, 0.2) is 11.4 Å². The average molecular weight is 338 g/mol. The molecule has 5 nitrogen and oxygen atoms in total. The van der Waals surface area contributed by atoms with E-state index in [2.05, 4.69) is 16.3 Å². The summed E-state index contributed by atoms with van der Waals surface area (Å²) >= 11 is 1.76. The first kappa shape index (κ1) is 16.9. The number of rotatable bonds is 5. The molecule has 2 aliphatic rings. The maximum Gasteiger partial charge on any atom is 0.225 e. The number of fused-ring (bicyclic) bond motifs is 1. The van der Waals surface area contributed by atoms with Crippen molar-refractivity contribution in [2.75, 3.05) is 39.3 Å². The number of hydrogen-bond donors (Lipinski definition) is 1. The van der Waals surface area contributed by atoms with Crippen molar-refractivity contribution in [1.29, 1.82) is 0 Å². The molecule has 2 atom stereocenters. The third-order valence-corrected chi connectivity index (χ3v) is 5.80. The Hall–Kier alpha value is -0.950. The van der Waals surface area contributed by atoms with Crippen LogP contribution in [-0.4, -0.2) is 66.2 Å². The summed E-state index contributed by atoms with van der Waals surface area (Å²) in [6.07, 6.45) is 1.86. The molecule has 3 rings (SSSR count). The summed E-state index contributed by atoms with van der Waals surface area (Å²) in [6, 6.07) is 2.10. The van der Waals surface area contributed by atoms with Gasteiger partial charge in [0.25, 0.3) is 0 Å². The summed E-state index contributed by atoms with van der Waals surface area (Å²) in [5.41, 5.74) is 1.21. The molecule has 3 heterocycles. The summed E-state index contributed by atoms with van der Waals surface area (Å²) in [5, 5.41) is 11.8. The van der Waals surface area contributed by atoms with Crippen LogP contribution in [0.1, 0.15) is 36.3 Å². The fourth-order valence-electron chi connectivity index (χ4n) is 3.29. The number of piperazine rings is 1. The number of thiophene rings is 1. The third kappa shape index (κ3) is 4.12.